The average Bonchev–Trinajstić information content (AvgIpc) is 2.91. The van der Waals surface area contributed by atoms with Crippen LogP contribution in [0.25, 0.3) is 10.9 Å². The summed E-state index contributed by atoms with van der Waals surface area (Å²) in [6.07, 6.45) is 6.96. The molecule has 0 aliphatic heterocycles. The molecule has 5 heteroatoms. The van der Waals surface area contributed by atoms with Crippen molar-refractivity contribution in [2.75, 3.05) is 6.54 Å². The third kappa shape index (κ3) is 3.67. The molecule has 1 heterocycles. The molecule has 0 spiro atoms. The number of carbonyl (C=O) groups is 1. The van der Waals surface area contributed by atoms with Gasteiger partial charge in [-0.15, -0.1) is 0 Å². The monoisotopic (exact) mass is 315 g/mol. The molecule has 23 heavy (non-hydrogen) atoms. The van der Waals surface area contributed by atoms with Gasteiger partial charge in [0.25, 0.3) is 0 Å². The van der Waals surface area contributed by atoms with Crippen LogP contribution in [0.4, 0.5) is 4.79 Å². The number of hydrogen-bond acceptors (Lipinski definition) is 2. The molecule has 1 aliphatic carbocycles. The Morgan fingerprint density at radius 2 is 2.04 bits per heavy atom. The lowest BCUT2D eigenvalue weighted by atomic mass is 9.96. The molecule has 0 radical (unpaired) electrons. The first-order valence-electron chi connectivity index (χ1n) is 8.41. The summed E-state index contributed by atoms with van der Waals surface area (Å²) in [5.41, 5.74) is 1.93. The van der Waals surface area contributed by atoms with Gasteiger partial charge in [-0.25, -0.2) is 4.79 Å². The highest BCUT2D eigenvalue weighted by Crippen LogP contribution is 2.25. The van der Waals surface area contributed by atoms with E-state index < -0.39 is 6.10 Å². The summed E-state index contributed by atoms with van der Waals surface area (Å²) in [6.45, 7) is 0.215. The molecule has 1 atom stereocenters. The number of nitrogens with one attached hydrogen (secondary N) is 2. The Morgan fingerprint density at radius 3 is 2.83 bits per heavy atom. The van der Waals surface area contributed by atoms with Crippen LogP contribution in [-0.2, 0) is 7.05 Å². The van der Waals surface area contributed by atoms with Gasteiger partial charge >= 0.3 is 6.03 Å². The van der Waals surface area contributed by atoms with Gasteiger partial charge in [0.15, 0.2) is 0 Å². The summed E-state index contributed by atoms with van der Waals surface area (Å²) in [7, 11) is 1.96. The number of amides is 2. The highest BCUT2D eigenvalue weighted by Gasteiger charge is 2.18. The number of urea groups is 1. The molecule has 1 aromatic carbocycles. The van der Waals surface area contributed by atoms with Gasteiger partial charge in [-0.05, 0) is 18.9 Å². The number of aromatic nitrogens is 1. The van der Waals surface area contributed by atoms with Crippen LogP contribution < -0.4 is 10.6 Å². The summed E-state index contributed by atoms with van der Waals surface area (Å²) < 4.78 is 2.00. The maximum atomic E-state index is 12.0. The van der Waals surface area contributed by atoms with Crippen molar-refractivity contribution in [1.29, 1.82) is 0 Å². The van der Waals surface area contributed by atoms with Crippen molar-refractivity contribution in [2.45, 2.75) is 44.2 Å². The molecule has 3 rings (SSSR count). The minimum Gasteiger partial charge on any atom is -0.386 e. The molecule has 0 unspecified atom stereocenters. The van der Waals surface area contributed by atoms with E-state index in [9.17, 15) is 9.90 Å². The average molecular weight is 315 g/mol. The van der Waals surface area contributed by atoms with Crippen LogP contribution in [0.2, 0.25) is 0 Å². The van der Waals surface area contributed by atoms with Crippen LogP contribution in [0, 0.1) is 0 Å². The Balaban J connectivity index is 1.58. The lowest BCUT2D eigenvalue weighted by molar-refractivity contribution is 0.173. The topological polar surface area (TPSA) is 66.3 Å². The van der Waals surface area contributed by atoms with Gasteiger partial charge < -0.3 is 20.3 Å². The van der Waals surface area contributed by atoms with E-state index in [0.29, 0.717) is 0 Å². The van der Waals surface area contributed by atoms with Crippen LogP contribution in [0.1, 0.15) is 43.8 Å². The molecule has 124 valence electrons. The minimum atomic E-state index is -0.710. The van der Waals surface area contributed by atoms with E-state index in [-0.39, 0.29) is 18.6 Å². The molecule has 2 amide bonds. The Kier molecular flexibility index (Phi) is 4.86. The van der Waals surface area contributed by atoms with Crippen LogP contribution in [0.5, 0.6) is 0 Å². The number of aryl methyl sites for hydroxylation is 1. The van der Waals surface area contributed by atoms with Gasteiger partial charge in [0.1, 0.15) is 0 Å². The molecule has 1 aromatic heterocycles. The van der Waals surface area contributed by atoms with Gasteiger partial charge in [-0.2, -0.15) is 0 Å². The lowest BCUT2D eigenvalue weighted by Crippen LogP contribution is -2.44. The highest BCUT2D eigenvalue weighted by molar-refractivity contribution is 5.84. The molecule has 1 fully saturated rings. The van der Waals surface area contributed by atoms with Gasteiger partial charge in [-0.3, -0.25) is 0 Å². The number of aliphatic hydroxyl groups excluding tert-OH is 1. The SMILES string of the molecule is Cn1cc([C@H](O)CNC(=O)NC2CCCCC2)c2ccccc21. The number of nitrogens with zero attached hydrogens (tertiary/aromatic N) is 1. The van der Waals surface area contributed by atoms with E-state index in [4.69, 9.17) is 0 Å². The first kappa shape index (κ1) is 15.9. The van der Waals surface area contributed by atoms with Crippen LogP contribution in [0.15, 0.2) is 30.5 Å². The van der Waals surface area contributed by atoms with Crippen LogP contribution in [-0.4, -0.2) is 28.3 Å². The van der Waals surface area contributed by atoms with E-state index in [1.165, 1.54) is 19.3 Å². The Bertz CT molecular complexity index is 674. The smallest absolute Gasteiger partial charge is 0.315 e. The summed E-state index contributed by atoms with van der Waals surface area (Å²) in [6, 6.07) is 8.05. The van der Waals surface area contributed by atoms with Crippen molar-refractivity contribution in [3.05, 3.63) is 36.0 Å². The minimum absolute atomic E-state index is 0.184. The Hall–Kier alpha value is -2.01. The largest absolute Gasteiger partial charge is 0.386 e. The number of benzene rings is 1. The van der Waals surface area contributed by atoms with E-state index in [0.717, 1.165) is 29.3 Å². The van der Waals surface area contributed by atoms with Crippen molar-refractivity contribution in [1.82, 2.24) is 15.2 Å². The number of hydrogen-bond donors (Lipinski definition) is 3. The zero-order valence-electron chi connectivity index (χ0n) is 13.6. The summed E-state index contributed by atoms with van der Waals surface area (Å²) in [5, 5.41) is 17.3. The van der Waals surface area contributed by atoms with Crippen LogP contribution >= 0.6 is 0 Å². The zero-order valence-corrected chi connectivity index (χ0v) is 13.6. The number of fused-ring (bicyclic) bond motifs is 1. The maximum Gasteiger partial charge on any atom is 0.315 e. The predicted octanol–water partition coefficient (Wildman–Crippen LogP) is 2.84. The van der Waals surface area contributed by atoms with E-state index >= 15 is 0 Å². The van der Waals surface area contributed by atoms with Crippen molar-refractivity contribution < 1.29 is 9.90 Å². The van der Waals surface area contributed by atoms with E-state index in [2.05, 4.69) is 10.6 Å². The maximum absolute atomic E-state index is 12.0. The van der Waals surface area contributed by atoms with Crippen molar-refractivity contribution >= 4 is 16.9 Å². The van der Waals surface area contributed by atoms with E-state index in [1.54, 1.807) is 0 Å². The Labute approximate surface area is 136 Å². The first-order chi connectivity index (χ1) is 11.1. The second-order valence-electron chi connectivity index (χ2n) is 6.42. The molecule has 2 aromatic rings. The van der Waals surface area contributed by atoms with Crippen molar-refractivity contribution in [2.24, 2.45) is 7.05 Å². The molecule has 0 saturated heterocycles. The second kappa shape index (κ2) is 7.04. The zero-order chi connectivity index (χ0) is 16.2. The van der Waals surface area contributed by atoms with Crippen molar-refractivity contribution in [3.8, 4) is 0 Å². The molecule has 0 bridgehead atoms. The predicted molar refractivity (Wildman–Crippen MR) is 91.3 cm³/mol. The fourth-order valence-electron chi connectivity index (χ4n) is 3.42. The Morgan fingerprint density at radius 1 is 1.30 bits per heavy atom. The molecule has 1 saturated carbocycles. The fourth-order valence-corrected chi connectivity index (χ4v) is 3.42. The number of carbonyl (C=O) groups excluding carboxylic acids is 1. The van der Waals surface area contributed by atoms with Gasteiger partial charge in [0.2, 0.25) is 0 Å². The highest BCUT2D eigenvalue weighted by atomic mass is 16.3. The third-order valence-corrected chi connectivity index (χ3v) is 4.68. The fraction of sp³-hybridized carbons (Fsp3) is 0.500. The summed E-state index contributed by atoms with van der Waals surface area (Å²) in [4.78, 5) is 12.0. The van der Waals surface area contributed by atoms with Crippen molar-refractivity contribution in [3.63, 3.8) is 0 Å². The number of rotatable bonds is 4. The quantitative estimate of drug-likeness (QED) is 0.812. The standard InChI is InChI=1S/C18H25N3O2/c1-21-12-15(14-9-5-6-10-16(14)21)17(22)11-19-18(23)20-13-7-3-2-4-8-13/h5-6,9-10,12-13,17,22H,2-4,7-8,11H2,1H3,(H2,19,20,23)/t17-/m1/s1. The van der Waals surface area contributed by atoms with Gasteiger partial charge in [-0.1, -0.05) is 37.5 Å². The van der Waals surface area contributed by atoms with Gasteiger partial charge in [0, 0.05) is 42.3 Å². The van der Waals surface area contributed by atoms with Crippen LogP contribution in [0.3, 0.4) is 0 Å². The summed E-state index contributed by atoms with van der Waals surface area (Å²) >= 11 is 0. The molecular formula is C18H25N3O2. The second-order valence-corrected chi connectivity index (χ2v) is 6.42. The molecular weight excluding hydrogens is 290 g/mol. The third-order valence-electron chi connectivity index (χ3n) is 4.68. The number of para-hydroxylation sites is 1. The summed E-state index contributed by atoms with van der Waals surface area (Å²) in [5.74, 6) is 0. The first-order valence-corrected chi connectivity index (χ1v) is 8.41. The number of aliphatic hydroxyl groups is 1. The lowest BCUT2D eigenvalue weighted by Gasteiger charge is -2.23. The van der Waals surface area contributed by atoms with Gasteiger partial charge in [0.05, 0.1) is 6.10 Å². The molecule has 5 nitrogen and oxygen atoms in total. The molecule has 3 N–H and O–H groups in total. The normalized spacial score (nSPS) is 17.1. The van der Waals surface area contributed by atoms with E-state index in [1.807, 2.05) is 42.1 Å². The molecule has 1 aliphatic rings.